The van der Waals surface area contributed by atoms with Gasteiger partial charge in [0.25, 0.3) is 0 Å². The van der Waals surface area contributed by atoms with Crippen molar-refractivity contribution in [1.82, 2.24) is 0 Å². The Hall–Kier alpha value is -4.05. The molecule has 0 N–H and O–H groups in total. The quantitative estimate of drug-likeness (QED) is 0.256. The summed E-state index contributed by atoms with van der Waals surface area (Å²) >= 11 is 0. The van der Waals surface area contributed by atoms with Gasteiger partial charge in [-0.05, 0) is 22.8 Å². The van der Waals surface area contributed by atoms with Crippen LogP contribution in [-0.4, -0.2) is 13.1 Å². The monoisotopic (exact) mass is 452 g/mol. The number of hydrogen-bond donors (Lipinski definition) is 0. The second kappa shape index (κ2) is 11.7. The number of hydrogen-bond acceptors (Lipinski definition) is 4. The van der Waals surface area contributed by atoms with Gasteiger partial charge in [-0.2, -0.15) is 0 Å². The lowest BCUT2D eigenvalue weighted by Crippen LogP contribution is -2.12. The zero-order valence-electron chi connectivity index (χ0n) is 19.2. The van der Waals surface area contributed by atoms with Crippen molar-refractivity contribution in [2.75, 3.05) is 7.11 Å². The normalized spacial score (nSPS) is 11.4. The first-order chi connectivity index (χ1) is 16.7. The van der Waals surface area contributed by atoms with E-state index in [1.165, 1.54) is 7.11 Å². The molecule has 4 rings (SSSR count). The predicted octanol–water partition coefficient (Wildman–Crippen LogP) is 6.54. The number of methoxy groups -OCH3 is 1. The molecule has 4 aromatic carbocycles. The van der Waals surface area contributed by atoms with Crippen LogP contribution >= 0.6 is 0 Å². The highest BCUT2D eigenvalue weighted by Gasteiger charge is 2.24. The van der Waals surface area contributed by atoms with E-state index in [1.54, 1.807) is 0 Å². The zero-order valence-corrected chi connectivity index (χ0v) is 19.2. The molecule has 172 valence electrons. The van der Waals surface area contributed by atoms with Gasteiger partial charge in [0.1, 0.15) is 13.2 Å². The molecular weight excluding hydrogens is 424 g/mol. The maximum Gasteiger partial charge on any atom is 0.306 e. The van der Waals surface area contributed by atoms with Gasteiger partial charge in [0.15, 0.2) is 11.5 Å². The average Bonchev–Trinajstić information content (AvgIpc) is 2.91. The van der Waals surface area contributed by atoms with Crippen LogP contribution in [0.15, 0.2) is 109 Å². The highest BCUT2D eigenvalue weighted by Crippen LogP contribution is 2.41. The van der Waals surface area contributed by atoms with Crippen LogP contribution in [0, 0.1) is 0 Å². The van der Waals surface area contributed by atoms with Crippen molar-refractivity contribution < 1.29 is 19.0 Å². The van der Waals surface area contributed by atoms with E-state index in [9.17, 15) is 4.79 Å². The molecule has 1 unspecified atom stereocenters. The Morgan fingerprint density at radius 1 is 0.676 bits per heavy atom. The lowest BCUT2D eigenvalue weighted by molar-refractivity contribution is -0.140. The fourth-order valence-corrected chi connectivity index (χ4v) is 3.88. The molecule has 0 aliphatic carbocycles. The lowest BCUT2D eigenvalue weighted by atomic mass is 9.87. The number of para-hydroxylation sites is 1. The van der Waals surface area contributed by atoms with Gasteiger partial charge < -0.3 is 14.2 Å². The Balaban J connectivity index is 1.71. The molecule has 0 aliphatic rings. The van der Waals surface area contributed by atoms with Gasteiger partial charge in [-0.1, -0.05) is 103 Å². The number of rotatable bonds is 10. The van der Waals surface area contributed by atoms with Crippen LogP contribution in [-0.2, 0) is 22.7 Å². The van der Waals surface area contributed by atoms with E-state index >= 15 is 0 Å². The summed E-state index contributed by atoms with van der Waals surface area (Å²) in [6.07, 6.45) is 0.199. The Kier molecular flexibility index (Phi) is 7.96. The van der Waals surface area contributed by atoms with E-state index in [-0.39, 0.29) is 18.3 Å². The summed E-state index contributed by atoms with van der Waals surface area (Å²) in [5.41, 5.74) is 4.02. The molecule has 1 atom stereocenters. The molecule has 0 amide bonds. The van der Waals surface area contributed by atoms with Gasteiger partial charge in [0, 0.05) is 11.5 Å². The molecular formula is C30H28O4. The van der Waals surface area contributed by atoms with Gasteiger partial charge in [-0.25, -0.2) is 0 Å². The first kappa shape index (κ1) is 23.1. The topological polar surface area (TPSA) is 44.8 Å². The molecule has 4 nitrogen and oxygen atoms in total. The maximum atomic E-state index is 12.4. The minimum Gasteiger partial charge on any atom is -0.485 e. The summed E-state index contributed by atoms with van der Waals surface area (Å²) in [7, 11) is 1.41. The number of carbonyl (C=O) groups is 1. The van der Waals surface area contributed by atoms with Crippen molar-refractivity contribution in [2.45, 2.75) is 25.6 Å². The number of benzene rings is 4. The molecule has 4 heteroatoms. The molecule has 0 bridgehead atoms. The largest absolute Gasteiger partial charge is 0.485 e. The summed E-state index contributed by atoms with van der Waals surface area (Å²) in [4.78, 5) is 12.4. The van der Waals surface area contributed by atoms with Gasteiger partial charge in [0.05, 0.1) is 13.5 Å². The minimum absolute atomic E-state index is 0.199. The van der Waals surface area contributed by atoms with Crippen molar-refractivity contribution in [3.05, 3.63) is 131 Å². The molecule has 0 radical (unpaired) electrons. The summed E-state index contributed by atoms with van der Waals surface area (Å²) in [6.45, 7) is 0.804. The Labute approximate surface area is 200 Å². The smallest absolute Gasteiger partial charge is 0.306 e. The van der Waals surface area contributed by atoms with Crippen molar-refractivity contribution >= 4 is 5.97 Å². The Morgan fingerprint density at radius 3 is 1.82 bits per heavy atom. The van der Waals surface area contributed by atoms with Crippen LogP contribution in [0.1, 0.15) is 34.6 Å². The van der Waals surface area contributed by atoms with E-state index in [1.807, 2.05) is 109 Å². The molecule has 0 aliphatic heterocycles. The van der Waals surface area contributed by atoms with Crippen molar-refractivity contribution in [2.24, 2.45) is 0 Å². The molecule has 4 aromatic rings. The fourth-order valence-electron chi connectivity index (χ4n) is 3.88. The number of esters is 1. The third kappa shape index (κ3) is 6.04. The molecule has 0 aromatic heterocycles. The van der Waals surface area contributed by atoms with Crippen molar-refractivity contribution in [3.63, 3.8) is 0 Å². The van der Waals surface area contributed by atoms with E-state index in [0.717, 1.165) is 22.3 Å². The Morgan fingerprint density at radius 2 is 1.24 bits per heavy atom. The molecule has 0 saturated heterocycles. The summed E-state index contributed by atoms with van der Waals surface area (Å²) in [6, 6.07) is 35.8. The van der Waals surface area contributed by atoms with Crippen LogP contribution in [0.25, 0.3) is 0 Å². The summed E-state index contributed by atoms with van der Waals surface area (Å²) < 4.78 is 17.6. The number of carbonyl (C=O) groups excluding carboxylic acids is 1. The van der Waals surface area contributed by atoms with Crippen LogP contribution in [0.3, 0.4) is 0 Å². The third-order valence-electron chi connectivity index (χ3n) is 5.65. The molecule has 0 fully saturated rings. The second-order valence-corrected chi connectivity index (χ2v) is 7.97. The highest BCUT2D eigenvalue weighted by atomic mass is 16.5. The molecule has 0 heterocycles. The first-order valence-electron chi connectivity index (χ1n) is 11.3. The van der Waals surface area contributed by atoms with E-state index in [2.05, 4.69) is 0 Å². The summed E-state index contributed by atoms with van der Waals surface area (Å²) in [5, 5.41) is 0. The van der Waals surface area contributed by atoms with Crippen LogP contribution in [0.4, 0.5) is 0 Å². The summed E-state index contributed by atoms with van der Waals surface area (Å²) in [5.74, 6) is 0.765. The standard InChI is InChI=1S/C30H28O4/c1-32-29(31)20-27(25-16-9-4-10-17-25)26-18-11-19-28(33-21-23-12-5-2-6-13-23)30(26)34-22-24-14-7-3-8-15-24/h2-19,27H,20-22H2,1H3. The molecule has 34 heavy (non-hydrogen) atoms. The van der Waals surface area contributed by atoms with E-state index in [0.29, 0.717) is 24.7 Å². The number of ether oxygens (including phenoxy) is 3. The van der Waals surface area contributed by atoms with Crippen LogP contribution < -0.4 is 9.47 Å². The highest BCUT2D eigenvalue weighted by molar-refractivity contribution is 5.72. The third-order valence-corrected chi connectivity index (χ3v) is 5.65. The molecule has 0 spiro atoms. The van der Waals surface area contributed by atoms with Gasteiger partial charge in [-0.15, -0.1) is 0 Å². The van der Waals surface area contributed by atoms with Gasteiger partial charge in [0.2, 0.25) is 0 Å². The van der Waals surface area contributed by atoms with Crippen LogP contribution in [0.2, 0.25) is 0 Å². The first-order valence-corrected chi connectivity index (χ1v) is 11.3. The predicted molar refractivity (Wildman–Crippen MR) is 133 cm³/mol. The molecule has 0 saturated carbocycles. The SMILES string of the molecule is COC(=O)CC(c1ccccc1)c1cccc(OCc2ccccc2)c1OCc1ccccc1. The fraction of sp³-hybridized carbons (Fsp3) is 0.167. The zero-order chi connectivity index (χ0) is 23.6. The average molecular weight is 453 g/mol. The van der Waals surface area contributed by atoms with Gasteiger partial charge in [-0.3, -0.25) is 4.79 Å². The maximum absolute atomic E-state index is 12.4. The van der Waals surface area contributed by atoms with Gasteiger partial charge >= 0.3 is 5.97 Å². The van der Waals surface area contributed by atoms with E-state index in [4.69, 9.17) is 14.2 Å². The van der Waals surface area contributed by atoms with Crippen molar-refractivity contribution in [1.29, 1.82) is 0 Å². The van der Waals surface area contributed by atoms with Crippen LogP contribution in [0.5, 0.6) is 11.5 Å². The van der Waals surface area contributed by atoms with Crippen molar-refractivity contribution in [3.8, 4) is 11.5 Å². The minimum atomic E-state index is -0.279. The van der Waals surface area contributed by atoms with E-state index < -0.39 is 0 Å². The second-order valence-electron chi connectivity index (χ2n) is 7.97. The lowest BCUT2D eigenvalue weighted by Gasteiger charge is -2.23. The Bertz CT molecular complexity index is 1170.